The lowest BCUT2D eigenvalue weighted by atomic mass is 10.3. The highest BCUT2D eigenvalue weighted by molar-refractivity contribution is 6.69. The molecule has 2 nitrogen and oxygen atoms in total. The van der Waals surface area contributed by atoms with Crippen molar-refractivity contribution in [2.45, 2.75) is 45.0 Å². The summed E-state index contributed by atoms with van der Waals surface area (Å²) < 4.78 is 5.70. The maximum Gasteiger partial charge on any atom is 0.184 e. The second-order valence-electron chi connectivity index (χ2n) is 4.08. The first-order valence-electron chi connectivity index (χ1n) is 4.19. The van der Waals surface area contributed by atoms with Crippen molar-refractivity contribution >= 4 is 14.1 Å². The summed E-state index contributed by atoms with van der Waals surface area (Å²) in [4.78, 5) is 11.1. The van der Waals surface area contributed by atoms with Gasteiger partial charge in [0.1, 0.15) is 6.10 Å². The number of rotatable bonds is 2. The Balaban J connectivity index is 2.43. The highest BCUT2D eigenvalue weighted by Crippen LogP contribution is 2.21. The van der Waals surface area contributed by atoms with Gasteiger partial charge < -0.3 is 4.43 Å². The summed E-state index contributed by atoms with van der Waals surface area (Å²) in [5.74, 6) is 0.312. The van der Waals surface area contributed by atoms with Crippen molar-refractivity contribution in [1.29, 1.82) is 0 Å². The van der Waals surface area contributed by atoms with Gasteiger partial charge >= 0.3 is 0 Å². The van der Waals surface area contributed by atoms with Crippen LogP contribution in [-0.2, 0) is 9.22 Å². The zero-order valence-electron chi connectivity index (χ0n) is 7.52. The van der Waals surface area contributed by atoms with Crippen molar-refractivity contribution in [3.8, 4) is 0 Å². The summed E-state index contributed by atoms with van der Waals surface area (Å²) in [5.41, 5.74) is 0. The molecule has 1 atom stereocenters. The molecular weight excluding hydrogens is 156 g/mol. The monoisotopic (exact) mass is 172 g/mol. The molecule has 11 heavy (non-hydrogen) atoms. The molecule has 1 aliphatic carbocycles. The van der Waals surface area contributed by atoms with Crippen molar-refractivity contribution in [2.24, 2.45) is 0 Å². The molecule has 0 saturated heterocycles. The van der Waals surface area contributed by atoms with Crippen LogP contribution in [0.3, 0.4) is 0 Å². The predicted molar refractivity (Wildman–Crippen MR) is 47.1 cm³/mol. The van der Waals surface area contributed by atoms with Crippen LogP contribution in [0.5, 0.6) is 0 Å². The molecule has 0 bridgehead atoms. The maximum absolute atomic E-state index is 11.1. The van der Waals surface area contributed by atoms with E-state index < -0.39 is 8.32 Å². The second kappa shape index (κ2) is 3.07. The molecule has 64 valence electrons. The Morgan fingerprint density at radius 1 is 1.45 bits per heavy atom. The van der Waals surface area contributed by atoms with E-state index in [4.69, 9.17) is 4.43 Å². The van der Waals surface area contributed by atoms with E-state index in [1.165, 1.54) is 0 Å². The fourth-order valence-corrected chi connectivity index (χ4v) is 2.44. The van der Waals surface area contributed by atoms with Gasteiger partial charge in [0.2, 0.25) is 0 Å². The van der Waals surface area contributed by atoms with Crippen LogP contribution < -0.4 is 0 Å². The molecule has 0 amide bonds. The number of hydrogen-bond donors (Lipinski definition) is 0. The number of carbonyl (C=O) groups excluding carboxylic acids is 1. The minimum Gasteiger partial charge on any atom is -0.408 e. The number of carbonyl (C=O) groups is 1. The van der Waals surface area contributed by atoms with Crippen molar-refractivity contribution in [3.63, 3.8) is 0 Å². The summed E-state index contributed by atoms with van der Waals surface area (Å²) in [6.45, 7) is 6.37. The molecule has 1 fully saturated rings. The Kier molecular flexibility index (Phi) is 2.49. The Morgan fingerprint density at radius 3 is 2.45 bits per heavy atom. The topological polar surface area (TPSA) is 26.3 Å². The Labute approximate surface area is 69.1 Å². The second-order valence-corrected chi connectivity index (χ2v) is 8.54. The fourth-order valence-electron chi connectivity index (χ4n) is 1.34. The molecule has 1 saturated carbocycles. The van der Waals surface area contributed by atoms with Crippen molar-refractivity contribution in [2.75, 3.05) is 0 Å². The van der Waals surface area contributed by atoms with Gasteiger partial charge in [0.25, 0.3) is 0 Å². The molecule has 0 radical (unpaired) electrons. The molecule has 0 heterocycles. The molecule has 0 aromatic rings. The third kappa shape index (κ3) is 2.75. The molecule has 1 rings (SSSR count). The molecular formula is C8H16O2Si. The lowest BCUT2D eigenvalue weighted by molar-refractivity contribution is -0.123. The summed E-state index contributed by atoms with van der Waals surface area (Å²) in [7, 11) is -1.48. The minimum atomic E-state index is -1.48. The van der Waals surface area contributed by atoms with E-state index in [-0.39, 0.29) is 6.10 Å². The van der Waals surface area contributed by atoms with Crippen LogP contribution in [-0.4, -0.2) is 20.2 Å². The third-order valence-electron chi connectivity index (χ3n) is 1.74. The summed E-state index contributed by atoms with van der Waals surface area (Å²) >= 11 is 0. The first-order valence-corrected chi connectivity index (χ1v) is 7.60. The van der Waals surface area contributed by atoms with Gasteiger partial charge in [-0.15, -0.1) is 0 Å². The zero-order chi connectivity index (χ0) is 8.48. The van der Waals surface area contributed by atoms with Gasteiger partial charge in [0.05, 0.1) is 0 Å². The molecule has 0 aromatic heterocycles. The van der Waals surface area contributed by atoms with E-state index in [1.807, 2.05) is 0 Å². The van der Waals surface area contributed by atoms with E-state index >= 15 is 0 Å². The van der Waals surface area contributed by atoms with Gasteiger partial charge in [0.15, 0.2) is 14.1 Å². The molecule has 1 unspecified atom stereocenters. The summed E-state index contributed by atoms with van der Waals surface area (Å²) in [5, 5.41) is 0. The fraction of sp³-hybridized carbons (Fsp3) is 0.875. The van der Waals surface area contributed by atoms with Crippen LogP contribution in [0, 0.1) is 0 Å². The highest BCUT2D eigenvalue weighted by Gasteiger charge is 2.29. The Hall–Kier alpha value is -0.153. The van der Waals surface area contributed by atoms with E-state index in [1.54, 1.807) is 0 Å². The Morgan fingerprint density at radius 2 is 2.09 bits per heavy atom. The van der Waals surface area contributed by atoms with Gasteiger partial charge in [-0.3, -0.25) is 4.79 Å². The van der Waals surface area contributed by atoms with Crippen molar-refractivity contribution in [3.05, 3.63) is 0 Å². The van der Waals surface area contributed by atoms with Gasteiger partial charge in [-0.1, -0.05) is 0 Å². The van der Waals surface area contributed by atoms with Crippen LogP contribution in [0.1, 0.15) is 19.3 Å². The molecule has 3 heteroatoms. The molecule has 0 N–H and O–H groups in total. The van der Waals surface area contributed by atoms with Crippen molar-refractivity contribution in [1.82, 2.24) is 0 Å². The SMILES string of the molecule is C[Si](C)(C)OC1CCCC1=O. The van der Waals surface area contributed by atoms with E-state index in [0.717, 1.165) is 19.3 Å². The van der Waals surface area contributed by atoms with Gasteiger partial charge in [0, 0.05) is 6.42 Å². The standard InChI is InChI=1S/C8H16O2Si/c1-11(2,3)10-8-6-4-5-7(8)9/h8H,4-6H2,1-3H3. The van der Waals surface area contributed by atoms with Crippen molar-refractivity contribution < 1.29 is 9.22 Å². The van der Waals surface area contributed by atoms with Crippen LogP contribution in [0.2, 0.25) is 19.6 Å². The first-order chi connectivity index (χ1) is 4.99. The lowest BCUT2D eigenvalue weighted by Gasteiger charge is -2.21. The summed E-state index contributed by atoms with van der Waals surface area (Å²) in [6, 6.07) is 0. The van der Waals surface area contributed by atoms with Crippen LogP contribution in [0.4, 0.5) is 0 Å². The smallest absolute Gasteiger partial charge is 0.184 e. The maximum atomic E-state index is 11.1. The molecule has 1 aliphatic rings. The van der Waals surface area contributed by atoms with E-state index in [9.17, 15) is 4.79 Å². The number of hydrogen-bond acceptors (Lipinski definition) is 2. The largest absolute Gasteiger partial charge is 0.408 e. The van der Waals surface area contributed by atoms with Gasteiger partial charge in [-0.2, -0.15) is 0 Å². The minimum absolute atomic E-state index is 0.0540. The third-order valence-corrected chi connectivity index (χ3v) is 2.74. The summed E-state index contributed by atoms with van der Waals surface area (Å²) in [6.07, 6.45) is 2.65. The van der Waals surface area contributed by atoms with Crippen LogP contribution in [0.25, 0.3) is 0 Å². The Bertz CT molecular complexity index is 160. The molecule has 0 spiro atoms. The quantitative estimate of drug-likeness (QED) is 0.595. The highest BCUT2D eigenvalue weighted by atomic mass is 28.4. The molecule has 0 aliphatic heterocycles. The zero-order valence-corrected chi connectivity index (χ0v) is 8.52. The van der Waals surface area contributed by atoms with Crippen LogP contribution >= 0.6 is 0 Å². The average Bonchev–Trinajstić information content (AvgIpc) is 2.12. The predicted octanol–water partition coefficient (Wildman–Crippen LogP) is 1.96. The normalized spacial score (nSPS) is 26.1. The first kappa shape index (κ1) is 8.94. The lowest BCUT2D eigenvalue weighted by Crippen LogP contribution is -2.33. The van der Waals surface area contributed by atoms with E-state index in [0.29, 0.717) is 5.78 Å². The number of Topliss-reactive ketones (excluding diaryl/α,β-unsaturated/α-hetero) is 1. The number of ketones is 1. The molecule has 0 aromatic carbocycles. The van der Waals surface area contributed by atoms with Gasteiger partial charge in [-0.05, 0) is 32.5 Å². The average molecular weight is 172 g/mol. The van der Waals surface area contributed by atoms with Crippen LogP contribution in [0.15, 0.2) is 0 Å². The van der Waals surface area contributed by atoms with Gasteiger partial charge in [-0.25, -0.2) is 0 Å². The van der Waals surface area contributed by atoms with E-state index in [2.05, 4.69) is 19.6 Å².